The molecule has 0 atom stereocenters. The van der Waals surface area contributed by atoms with Gasteiger partial charge in [-0.2, -0.15) is 0 Å². The summed E-state index contributed by atoms with van der Waals surface area (Å²) in [5.74, 6) is 0.942. The van der Waals surface area contributed by atoms with Crippen molar-refractivity contribution in [1.82, 2.24) is 0 Å². The van der Waals surface area contributed by atoms with Crippen LogP contribution in [0.2, 0.25) is 0 Å². The minimum Gasteiger partial charge on any atom is -0.497 e. The molecule has 0 unspecified atom stereocenters. The van der Waals surface area contributed by atoms with Crippen LogP contribution in [-0.2, 0) is 11.8 Å². The zero-order valence-electron chi connectivity index (χ0n) is 11.4. The van der Waals surface area contributed by atoms with Gasteiger partial charge in [-0.1, -0.05) is 32.0 Å². The van der Waals surface area contributed by atoms with Crippen LogP contribution in [0.3, 0.4) is 0 Å². The fourth-order valence-corrected chi connectivity index (χ4v) is 3.14. The number of benzene rings is 2. The second-order valence-electron chi connectivity index (χ2n) is 5.96. The second kappa shape index (κ2) is 4.01. The van der Waals surface area contributed by atoms with Gasteiger partial charge >= 0.3 is 0 Å². The van der Waals surface area contributed by atoms with Crippen LogP contribution in [0, 0.1) is 0 Å². The molecule has 0 amide bonds. The van der Waals surface area contributed by atoms with Crippen molar-refractivity contribution in [1.29, 1.82) is 0 Å². The molecule has 94 valence electrons. The van der Waals surface area contributed by atoms with E-state index >= 15 is 0 Å². The van der Waals surface area contributed by atoms with Crippen molar-refractivity contribution in [2.24, 2.45) is 0 Å². The molecule has 0 saturated heterocycles. The largest absolute Gasteiger partial charge is 0.497 e. The van der Waals surface area contributed by atoms with Crippen molar-refractivity contribution in [3.63, 3.8) is 0 Å². The average Bonchev–Trinajstić information content (AvgIpc) is 2.36. The number of methoxy groups -OCH3 is 1. The SMILES string of the molecule is COc1ccc2cc3c(cc2c1)CCCC3(C)C. The Morgan fingerprint density at radius 3 is 2.67 bits per heavy atom. The molecule has 0 bridgehead atoms. The van der Waals surface area contributed by atoms with E-state index in [1.807, 2.05) is 6.07 Å². The molecule has 0 aromatic heterocycles. The van der Waals surface area contributed by atoms with Gasteiger partial charge in [-0.15, -0.1) is 0 Å². The highest BCUT2D eigenvalue weighted by Gasteiger charge is 2.27. The predicted octanol–water partition coefficient (Wildman–Crippen LogP) is 4.46. The second-order valence-corrected chi connectivity index (χ2v) is 5.96. The smallest absolute Gasteiger partial charge is 0.119 e. The monoisotopic (exact) mass is 240 g/mol. The summed E-state index contributed by atoms with van der Waals surface area (Å²) in [7, 11) is 1.72. The lowest BCUT2D eigenvalue weighted by atomic mass is 9.72. The van der Waals surface area contributed by atoms with E-state index in [9.17, 15) is 0 Å². The maximum Gasteiger partial charge on any atom is 0.119 e. The lowest BCUT2D eigenvalue weighted by Crippen LogP contribution is -2.23. The molecule has 2 aromatic carbocycles. The number of aryl methyl sites for hydroxylation is 1. The van der Waals surface area contributed by atoms with Crippen molar-refractivity contribution in [2.75, 3.05) is 7.11 Å². The van der Waals surface area contributed by atoms with E-state index < -0.39 is 0 Å². The molecule has 0 spiro atoms. The Hall–Kier alpha value is -1.50. The number of rotatable bonds is 1. The first-order valence-electron chi connectivity index (χ1n) is 6.71. The van der Waals surface area contributed by atoms with E-state index in [-0.39, 0.29) is 0 Å². The summed E-state index contributed by atoms with van der Waals surface area (Å²) in [6.45, 7) is 4.72. The molecule has 1 aliphatic carbocycles. The van der Waals surface area contributed by atoms with E-state index in [0.29, 0.717) is 5.41 Å². The molecule has 1 heteroatoms. The van der Waals surface area contributed by atoms with Gasteiger partial charge in [0.2, 0.25) is 0 Å². The molecule has 3 rings (SSSR count). The van der Waals surface area contributed by atoms with Crippen LogP contribution < -0.4 is 4.74 Å². The van der Waals surface area contributed by atoms with E-state index in [1.165, 1.54) is 41.2 Å². The summed E-state index contributed by atoms with van der Waals surface area (Å²) in [6.07, 6.45) is 3.81. The van der Waals surface area contributed by atoms with Gasteiger partial charge in [0.1, 0.15) is 5.75 Å². The highest BCUT2D eigenvalue weighted by atomic mass is 16.5. The van der Waals surface area contributed by atoms with Gasteiger partial charge in [-0.05, 0) is 58.7 Å². The Morgan fingerprint density at radius 2 is 1.89 bits per heavy atom. The van der Waals surface area contributed by atoms with Gasteiger partial charge in [-0.25, -0.2) is 0 Å². The molecule has 2 aromatic rings. The van der Waals surface area contributed by atoms with Gasteiger partial charge in [0.05, 0.1) is 7.11 Å². The number of hydrogen-bond acceptors (Lipinski definition) is 1. The van der Waals surface area contributed by atoms with Crippen LogP contribution in [0.15, 0.2) is 30.3 Å². The molecule has 1 nitrogen and oxygen atoms in total. The number of ether oxygens (including phenoxy) is 1. The summed E-state index contributed by atoms with van der Waals surface area (Å²) in [4.78, 5) is 0. The van der Waals surface area contributed by atoms with Gasteiger partial charge in [0, 0.05) is 0 Å². The fourth-order valence-electron chi connectivity index (χ4n) is 3.14. The van der Waals surface area contributed by atoms with Crippen LogP contribution >= 0.6 is 0 Å². The zero-order chi connectivity index (χ0) is 12.8. The third kappa shape index (κ3) is 1.78. The molecule has 0 fully saturated rings. The Bertz CT molecular complexity index is 596. The Labute approximate surface area is 109 Å². The molecule has 0 aliphatic heterocycles. The first-order chi connectivity index (χ1) is 8.60. The van der Waals surface area contributed by atoms with Crippen LogP contribution in [0.5, 0.6) is 5.75 Å². The molecule has 1 aliphatic rings. The molecular weight excluding hydrogens is 220 g/mol. The molecular formula is C17H20O. The van der Waals surface area contributed by atoms with Crippen molar-refractivity contribution >= 4 is 10.8 Å². The zero-order valence-corrected chi connectivity index (χ0v) is 11.4. The number of hydrogen-bond donors (Lipinski definition) is 0. The van der Waals surface area contributed by atoms with Crippen LogP contribution in [0.25, 0.3) is 10.8 Å². The lowest BCUT2D eigenvalue weighted by molar-refractivity contribution is 0.415. The quantitative estimate of drug-likeness (QED) is 0.715. The Balaban J connectivity index is 2.23. The van der Waals surface area contributed by atoms with E-state index in [1.54, 1.807) is 7.11 Å². The first-order valence-corrected chi connectivity index (χ1v) is 6.71. The molecule has 0 N–H and O–H groups in total. The molecule has 18 heavy (non-hydrogen) atoms. The third-order valence-electron chi connectivity index (χ3n) is 4.25. The minimum atomic E-state index is 0.321. The lowest BCUT2D eigenvalue weighted by Gasteiger charge is -2.33. The Morgan fingerprint density at radius 1 is 1.06 bits per heavy atom. The fraction of sp³-hybridized carbons (Fsp3) is 0.412. The summed E-state index contributed by atoms with van der Waals surface area (Å²) < 4.78 is 5.31. The van der Waals surface area contributed by atoms with E-state index in [2.05, 4.69) is 38.1 Å². The normalized spacial score (nSPS) is 17.5. The van der Waals surface area contributed by atoms with Gasteiger partial charge in [0.15, 0.2) is 0 Å². The van der Waals surface area contributed by atoms with E-state index in [0.717, 1.165) is 5.75 Å². The molecule has 0 radical (unpaired) electrons. The maximum absolute atomic E-state index is 5.31. The summed E-state index contributed by atoms with van der Waals surface area (Å²) in [5, 5.41) is 2.62. The maximum atomic E-state index is 5.31. The summed E-state index contributed by atoms with van der Waals surface area (Å²) in [5.41, 5.74) is 3.38. The third-order valence-corrected chi connectivity index (χ3v) is 4.25. The van der Waals surface area contributed by atoms with Crippen molar-refractivity contribution in [2.45, 2.75) is 38.5 Å². The van der Waals surface area contributed by atoms with Gasteiger partial charge in [-0.3, -0.25) is 0 Å². The highest BCUT2D eigenvalue weighted by Crippen LogP contribution is 2.39. The minimum absolute atomic E-state index is 0.321. The predicted molar refractivity (Wildman–Crippen MR) is 76.5 cm³/mol. The van der Waals surface area contributed by atoms with Gasteiger partial charge in [0.25, 0.3) is 0 Å². The van der Waals surface area contributed by atoms with Crippen LogP contribution in [-0.4, -0.2) is 7.11 Å². The molecule has 0 heterocycles. The highest BCUT2D eigenvalue weighted by molar-refractivity contribution is 5.86. The van der Waals surface area contributed by atoms with Crippen LogP contribution in [0.4, 0.5) is 0 Å². The average molecular weight is 240 g/mol. The first kappa shape index (κ1) is 11.6. The van der Waals surface area contributed by atoms with Gasteiger partial charge < -0.3 is 4.74 Å². The van der Waals surface area contributed by atoms with Crippen molar-refractivity contribution in [3.8, 4) is 5.75 Å². The van der Waals surface area contributed by atoms with E-state index in [4.69, 9.17) is 4.74 Å². The molecule has 0 saturated carbocycles. The standard InChI is InChI=1S/C17H20O/c1-17(2)8-4-5-13-9-14-10-15(18-3)7-6-12(14)11-16(13)17/h6-7,9-11H,4-5,8H2,1-3H3. The summed E-state index contributed by atoms with van der Waals surface area (Å²) >= 11 is 0. The summed E-state index contributed by atoms with van der Waals surface area (Å²) in [6, 6.07) is 11.1. The van der Waals surface area contributed by atoms with Crippen LogP contribution in [0.1, 0.15) is 37.8 Å². The Kier molecular flexibility index (Phi) is 2.58. The van der Waals surface area contributed by atoms with Crippen molar-refractivity contribution in [3.05, 3.63) is 41.5 Å². The topological polar surface area (TPSA) is 9.23 Å². The number of fused-ring (bicyclic) bond motifs is 2. The van der Waals surface area contributed by atoms with Crippen molar-refractivity contribution < 1.29 is 4.74 Å².